The molecule has 1 unspecified atom stereocenters. The lowest BCUT2D eigenvalue weighted by Gasteiger charge is -2.33. The number of nitrogens with one attached hydrogen (secondary N) is 1. The fourth-order valence-corrected chi connectivity index (χ4v) is 5.80. The van der Waals surface area contributed by atoms with Gasteiger partial charge >= 0.3 is 0 Å². The van der Waals surface area contributed by atoms with Gasteiger partial charge in [-0.1, -0.05) is 73.3 Å². The van der Waals surface area contributed by atoms with Gasteiger partial charge in [-0.25, -0.2) is 0 Å². The molecule has 37 heavy (non-hydrogen) atoms. The molecule has 3 aromatic carbocycles. The van der Waals surface area contributed by atoms with Crippen LogP contribution in [0.25, 0.3) is 10.8 Å². The van der Waals surface area contributed by atoms with E-state index in [1.54, 1.807) is 29.2 Å². The molecule has 8 heteroatoms. The van der Waals surface area contributed by atoms with Crippen LogP contribution in [0.15, 0.2) is 54.6 Å². The van der Waals surface area contributed by atoms with E-state index in [9.17, 15) is 14.4 Å². The summed E-state index contributed by atoms with van der Waals surface area (Å²) < 4.78 is 0. The Morgan fingerprint density at radius 1 is 1.05 bits per heavy atom. The summed E-state index contributed by atoms with van der Waals surface area (Å²) in [6.07, 6.45) is 4.53. The van der Waals surface area contributed by atoms with Gasteiger partial charge in [-0.3, -0.25) is 19.3 Å². The highest BCUT2D eigenvalue weighted by Crippen LogP contribution is 2.37. The third kappa shape index (κ3) is 5.05. The number of hydrogen-bond acceptors (Lipinski definition) is 3. The Bertz CT molecular complexity index is 1360. The van der Waals surface area contributed by atoms with Gasteiger partial charge in [-0.2, -0.15) is 0 Å². The molecule has 0 radical (unpaired) electrons. The highest BCUT2D eigenvalue weighted by molar-refractivity contribution is 6.42. The molecule has 2 aliphatic rings. The predicted octanol–water partition coefficient (Wildman–Crippen LogP) is 5.97. The zero-order valence-corrected chi connectivity index (χ0v) is 22.2. The van der Waals surface area contributed by atoms with Crippen molar-refractivity contribution in [2.24, 2.45) is 0 Å². The number of halogens is 2. The van der Waals surface area contributed by atoms with Gasteiger partial charge < -0.3 is 10.2 Å². The van der Waals surface area contributed by atoms with Gasteiger partial charge in [-0.05, 0) is 54.5 Å². The van der Waals surface area contributed by atoms with Gasteiger partial charge in [0.25, 0.3) is 5.91 Å². The van der Waals surface area contributed by atoms with Gasteiger partial charge in [0, 0.05) is 23.5 Å². The van der Waals surface area contributed by atoms with E-state index in [2.05, 4.69) is 5.32 Å². The summed E-state index contributed by atoms with van der Waals surface area (Å²) in [7, 11) is 0. The van der Waals surface area contributed by atoms with Crippen LogP contribution in [0.3, 0.4) is 0 Å². The summed E-state index contributed by atoms with van der Waals surface area (Å²) in [5.74, 6) is -0.684. The molecule has 1 atom stereocenters. The molecule has 1 N–H and O–H groups in total. The number of hydrogen-bond donors (Lipinski definition) is 1. The Morgan fingerprint density at radius 2 is 1.78 bits per heavy atom. The highest BCUT2D eigenvalue weighted by Gasteiger charge is 2.35. The molecule has 6 nitrogen and oxygen atoms in total. The number of carbonyl (C=O) groups is 3. The first-order valence-corrected chi connectivity index (χ1v) is 13.5. The van der Waals surface area contributed by atoms with Crippen molar-refractivity contribution < 1.29 is 14.4 Å². The molecular weight excluding hydrogens is 509 g/mol. The Labute approximate surface area is 226 Å². The first-order valence-electron chi connectivity index (χ1n) is 12.7. The molecule has 1 aliphatic carbocycles. The van der Waals surface area contributed by atoms with Crippen LogP contribution in [0, 0.1) is 0 Å². The second-order valence-electron chi connectivity index (χ2n) is 9.76. The van der Waals surface area contributed by atoms with E-state index >= 15 is 0 Å². The lowest BCUT2D eigenvalue weighted by Crippen LogP contribution is -2.53. The van der Waals surface area contributed by atoms with Crippen molar-refractivity contribution in [1.29, 1.82) is 0 Å². The molecule has 1 heterocycles. The van der Waals surface area contributed by atoms with E-state index in [0.29, 0.717) is 27.7 Å². The molecule has 0 spiro atoms. The summed E-state index contributed by atoms with van der Waals surface area (Å²) in [6, 6.07) is 15.9. The monoisotopic (exact) mass is 537 g/mol. The minimum absolute atomic E-state index is 0.135. The van der Waals surface area contributed by atoms with Crippen molar-refractivity contribution in [2.45, 2.75) is 57.7 Å². The molecule has 1 saturated carbocycles. The zero-order valence-electron chi connectivity index (χ0n) is 20.7. The molecule has 0 bridgehead atoms. The minimum atomic E-state index is -0.682. The quantitative estimate of drug-likeness (QED) is 0.384. The summed E-state index contributed by atoms with van der Waals surface area (Å²) in [4.78, 5) is 43.7. The fraction of sp³-hybridized carbons (Fsp3) is 0.345. The SMILES string of the molecule is CCC(C(=O)NC1CCCC1)N(Cc1ccc(Cl)c(Cl)c1)C(=O)CN1C(=O)c2cccc3cccc1c23. The first kappa shape index (κ1) is 25.6. The Kier molecular flexibility index (Phi) is 7.40. The molecule has 192 valence electrons. The smallest absolute Gasteiger partial charge is 0.259 e. The predicted molar refractivity (Wildman–Crippen MR) is 147 cm³/mol. The zero-order chi connectivity index (χ0) is 26.1. The molecule has 5 rings (SSSR count). The molecule has 3 amide bonds. The largest absolute Gasteiger partial charge is 0.352 e. The number of rotatable bonds is 8. The van der Waals surface area contributed by atoms with Gasteiger partial charge in [0.2, 0.25) is 11.8 Å². The molecule has 1 fully saturated rings. The maximum atomic E-state index is 13.9. The summed E-state index contributed by atoms with van der Waals surface area (Å²) in [6.45, 7) is 1.90. The van der Waals surface area contributed by atoms with Crippen LogP contribution in [-0.4, -0.2) is 41.2 Å². The average molecular weight is 538 g/mol. The molecule has 3 aromatic rings. The number of amides is 3. The number of nitrogens with zero attached hydrogens (tertiary/aromatic N) is 2. The van der Waals surface area contributed by atoms with Crippen LogP contribution in [0.1, 0.15) is 54.9 Å². The third-order valence-corrected chi connectivity index (χ3v) is 8.11. The van der Waals surface area contributed by atoms with Gasteiger partial charge in [0.1, 0.15) is 12.6 Å². The topological polar surface area (TPSA) is 69.7 Å². The molecule has 0 saturated heterocycles. The van der Waals surface area contributed by atoms with Crippen LogP contribution in [0.5, 0.6) is 0 Å². The second kappa shape index (κ2) is 10.7. The Morgan fingerprint density at radius 3 is 2.49 bits per heavy atom. The van der Waals surface area contributed by atoms with E-state index < -0.39 is 6.04 Å². The lowest BCUT2D eigenvalue weighted by atomic mass is 10.1. The van der Waals surface area contributed by atoms with Crippen molar-refractivity contribution >= 4 is 57.4 Å². The van der Waals surface area contributed by atoms with E-state index in [1.807, 2.05) is 37.3 Å². The van der Waals surface area contributed by atoms with Crippen molar-refractivity contribution in [3.63, 3.8) is 0 Å². The van der Waals surface area contributed by atoms with E-state index in [4.69, 9.17) is 23.2 Å². The van der Waals surface area contributed by atoms with Crippen LogP contribution >= 0.6 is 23.2 Å². The normalized spacial score (nSPS) is 15.9. The number of carbonyl (C=O) groups excluding carboxylic acids is 3. The number of benzene rings is 3. The average Bonchev–Trinajstić information content (AvgIpc) is 3.49. The third-order valence-electron chi connectivity index (χ3n) is 7.37. The van der Waals surface area contributed by atoms with Crippen LogP contribution in [0.2, 0.25) is 10.0 Å². The minimum Gasteiger partial charge on any atom is -0.352 e. The van der Waals surface area contributed by atoms with E-state index in [1.165, 1.54) is 4.90 Å². The molecule has 0 aromatic heterocycles. The van der Waals surface area contributed by atoms with Crippen molar-refractivity contribution in [2.75, 3.05) is 11.4 Å². The second-order valence-corrected chi connectivity index (χ2v) is 10.6. The van der Waals surface area contributed by atoms with Crippen molar-refractivity contribution in [3.05, 3.63) is 75.8 Å². The number of anilines is 1. The van der Waals surface area contributed by atoms with Crippen LogP contribution in [0.4, 0.5) is 5.69 Å². The Balaban J connectivity index is 1.44. The maximum absolute atomic E-state index is 13.9. The lowest BCUT2D eigenvalue weighted by molar-refractivity contribution is -0.140. The summed E-state index contributed by atoms with van der Waals surface area (Å²) in [5.41, 5.74) is 2.06. The Hall–Kier alpha value is -3.09. The maximum Gasteiger partial charge on any atom is 0.259 e. The standard InChI is InChI=1S/C29H29Cl2N3O3/c1-2-24(28(36)32-20-9-3-4-10-20)33(16-18-13-14-22(30)23(31)15-18)26(35)17-34-25-12-6-8-19-7-5-11-21(27(19)25)29(34)37/h5-8,11-15,20,24H,2-4,9-10,16-17H2,1H3,(H,32,36). The van der Waals surface area contributed by atoms with Crippen LogP contribution < -0.4 is 10.2 Å². The summed E-state index contributed by atoms with van der Waals surface area (Å²) >= 11 is 12.4. The fourth-order valence-electron chi connectivity index (χ4n) is 5.48. The van der Waals surface area contributed by atoms with E-state index in [-0.39, 0.29) is 36.9 Å². The van der Waals surface area contributed by atoms with E-state index in [0.717, 1.165) is 42.0 Å². The molecule has 1 aliphatic heterocycles. The van der Waals surface area contributed by atoms with Gasteiger partial charge in [0.05, 0.1) is 15.7 Å². The summed E-state index contributed by atoms with van der Waals surface area (Å²) in [5, 5.41) is 5.75. The molecular formula is C29H29Cl2N3O3. The van der Waals surface area contributed by atoms with Crippen molar-refractivity contribution in [1.82, 2.24) is 10.2 Å². The van der Waals surface area contributed by atoms with Gasteiger partial charge in [0.15, 0.2) is 0 Å². The highest BCUT2D eigenvalue weighted by atomic mass is 35.5. The van der Waals surface area contributed by atoms with Crippen LogP contribution in [-0.2, 0) is 16.1 Å². The van der Waals surface area contributed by atoms with Gasteiger partial charge in [-0.15, -0.1) is 0 Å². The van der Waals surface area contributed by atoms with Crippen molar-refractivity contribution in [3.8, 4) is 0 Å². The first-order chi connectivity index (χ1) is 17.9.